The third-order valence-corrected chi connectivity index (χ3v) is 12.6. The van der Waals surface area contributed by atoms with E-state index in [0.29, 0.717) is 0 Å². The number of rotatable bonds is 10. The van der Waals surface area contributed by atoms with Crippen LogP contribution in [0, 0.1) is 14.3 Å². The zero-order valence-electron chi connectivity index (χ0n) is 28.1. The zero-order valence-corrected chi connectivity index (χ0v) is 34.0. The summed E-state index contributed by atoms with van der Waals surface area (Å²) in [5.74, 6) is 3.64. The summed E-state index contributed by atoms with van der Waals surface area (Å²) in [6.07, 6.45) is -11.2. The molecule has 4 aromatic rings. The molecule has 0 aliphatic rings. The minimum Gasteiger partial charge on any atom is -0.745 e. The van der Waals surface area contributed by atoms with Gasteiger partial charge in [-0.3, -0.25) is 0 Å². The maximum Gasteiger partial charge on any atom is 0.433 e. The van der Waals surface area contributed by atoms with Gasteiger partial charge in [0.2, 0.25) is 0 Å². The van der Waals surface area contributed by atoms with Crippen molar-refractivity contribution >= 4 is 20.2 Å². The Morgan fingerprint density at radius 1 is 0.444 bits per heavy atom. The molecule has 0 amide bonds. The van der Waals surface area contributed by atoms with Gasteiger partial charge >= 0.3 is 54.8 Å². The molecule has 22 heteroatoms. The molecule has 4 rings (SSSR count). The summed E-state index contributed by atoms with van der Waals surface area (Å²) in [7, 11) is -5.05. The first kappa shape index (κ1) is 48.8. The molecule has 4 aromatic carbocycles. The summed E-state index contributed by atoms with van der Waals surface area (Å²) in [6.45, 7) is 0. The van der Waals surface area contributed by atoms with Crippen molar-refractivity contribution in [1.29, 1.82) is 0 Å². The van der Waals surface area contributed by atoms with Crippen molar-refractivity contribution in [3.8, 4) is 23.0 Å². The molecule has 2 unspecified atom stereocenters. The molecule has 0 aliphatic heterocycles. The van der Waals surface area contributed by atoms with E-state index in [-0.39, 0.29) is 42.4 Å². The SMILES string of the molecule is COc1ccc([I+]c2ccc(OC)cc2)cc1.COc1ccc([I+]c2ccc(OC)cc2)cc1.O=S(=O)([O-])C(F)C(F)(F)F.O=S(=O)([O-])C(F)C(F)(F)F. The third kappa shape index (κ3) is 18.9. The monoisotopic (exact) mass is 1040 g/mol. The van der Waals surface area contributed by atoms with Crippen LogP contribution in [0.3, 0.4) is 0 Å². The molecule has 0 aromatic heterocycles. The lowest BCUT2D eigenvalue weighted by molar-refractivity contribution is -0.597. The fourth-order valence-corrected chi connectivity index (χ4v) is 8.08. The van der Waals surface area contributed by atoms with Gasteiger partial charge in [0.25, 0.3) is 11.0 Å². The minimum absolute atomic E-state index is 0.119. The van der Waals surface area contributed by atoms with Gasteiger partial charge < -0.3 is 28.1 Å². The van der Waals surface area contributed by atoms with Crippen molar-refractivity contribution in [1.82, 2.24) is 0 Å². The second-order valence-electron chi connectivity index (χ2n) is 9.52. The highest BCUT2D eigenvalue weighted by atomic mass is 127. The third-order valence-electron chi connectivity index (χ3n) is 5.66. The van der Waals surface area contributed by atoms with Crippen LogP contribution in [0.2, 0.25) is 0 Å². The Hall–Kier alpha value is -3.20. The van der Waals surface area contributed by atoms with E-state index in [0.717, 1.165) is 23.0 Å². The number of halogens is 10. The highest BCUT2D eigenvalue weighted by Gasteiger charge is 2.45. The van der Waals surface area contributed by atoms with Crippen molar-refractivity contribution in [2.45, 2.75) is 23.4 Å². The maximum absolute atomic E-state index is 11.4. The fraction of sp³-hybridized carbons (Fsp3) is 0.250. The standard InChI is InChI=1S/2C14H14IO2.2C2H2F4O3S/c2*1-16-13-7-3-11(4-8-13)15-12-5-9-14(17-2)10-6-12;2*3-1(2(4,5)6)10(7,8)9/h2*3-10H,1-2H3;2*1H,(H,7,8,9)/q2*+1;;/p-2. The largest absolute Gasteiger partial charge is 0.745 e. The minimum atomic E-state index is -5.90. The number of hydrogen-bond donors (Lipinski definition) is 0. The summed E-state index contributed by atoms with van der Waals surface area (Å²) in [6, 6.07) is 33.2. The molecule has 0 fully saturated rings. The normalized spacial score (nSPS) is 12.6. The van der Waals surface area contributed by atoms with Crippen LogP contribution in [0.15, 0.2) is 97.1 Å². The summed E-state index contributed by atoms with van der Waals surface area (Å²) < 4.78 is 171. The quantitative estimate of drug-likeness (QED) is 0.125. The predicted octanol–water partition coefficient (Wildman–Crippen LogP) is 0.443. The van der Waals surface area contributed by atoms with Gasteiger partial charge in [0.1, 0.15) is 43.2 Å². The van der Waals surface area contributed by atoms with Crippen molar-refractivity contribution < 1.29 is 122 Å². The number of benzene rings is 4. The molecule has 0 bridgehead atoms. The number of methoxy groups -OCH3 is 4. The molecule has 0 radical (unpaired) electrons. The Morgan fingerprint density at radius 3 is 0.704 bits per heavy atom. The Morgan fingerprint density at radius 2 is 0.611 bits per heavy atom. The summed E-state index contributed by atoms with van der Waals surface area (Å²) >= 11 is -0.237. The molecule has 0 spiro atoms. The second kappa shape index (κ2) is 22.4. The average Bonchev–Trinajstić information content (AvgIpc) is 3.11. The smallest absolute Gasteiger partial charge is 0.433 e. The zero-order chi connectivity index (χ0) is 41.3. The Bertz CT molecular complexity index is 1670. The highest BCUT2D eigenvalue weighted by molar-refractivity contribution is 7.86. The van der Waals surface area contributed by atoms with E-state index in [1.54, 1.807) is 28.4 Å². The first-order chi connectivity index (χ1) is 24.9. The van der Waals surface area contributed by atoms with E-state index in [1.807, 2.05) is 48.5 Å². The van der Waals surface area contributed by atoms with Crippen molar-refractivity contribution in [3.05, 3.63) is 111 Å². The van der Waals surface area contributed by atoms with Crippen LogP contribution in [0.4, 0.5) is 35.1 Å². The van der Waals surface area contributed by atoms with Gasteiger partial charge in [0.05, 0.1) is 28.4 Å². The van der Waals surface area contributed by atoms with Gasteiger partial charge in [0.15, 0.2) is 14.3 Å². The first-order valence-corrected chi connectivity index (χ1v) is 21.4. The van der Waals surface area contributed by atoms with Crippen molar-refractivity contribution in [2.75, 3.05) is 28.4 Å². The number of alkyl halides is 8. The Kier molecular flexibility index (Phi) is 20.2. The van der Waals surface area contributed by atoms with Crippen LogP contribution in [-0.2, 0) is 20.2 Å². The van der Waals surface area contributed by atoms with Crippen molar-refractivity contribution in [2.24, 2.45) is 0 Å². The lowest BCUT2D eigenvalue weighted by atomic mass is 10.3. The molecule has 0 saturated carbocycles. The first-order valence-electron chi connectivity index (χ1n) is 14.1. The average molecular weight is 1040 g/mol. The van der Waals surface area contributed by atoms with Gasteiger partial charge in [-0.1, -0.05) is 0 Å². The van der Waals surface area contributed by atoms with Crippen molar-refractivity contribution in [3.63, 3.8) is 0 Å². The van der Waals surface area contributed by atoms with Gasteiger partial charge in [-0.05, 0) is 97.1 Å². The molecule has 300 valence electrons. The molecule has 0 N–H and O–H groups in total. The highest BCUT2D eigenvalue weighted by Crippen LogP contribution is 2.26. The van der Waals surface area contributed by atoms with Crippen LogP contribution in [0.5, 0.6) is 23.0 Å². The van der Waals surface area contributed by atoms with Gasteiger partial charge in [-0.2, -0.15) is 26.3 Å². The lowest BCUT2D eigenvalue weighted by Gasteiger charge is -2.14. The van der Waals surface area contributed by atoms with E-state index >= 15 is 0 Å². The van der Waals surface area contributed by atoms with E-state index in [4.69, 9.17) is 18.9 Å². The number of ether oxygens (including phenoxy) is 4. The van der Waals surface area contributed by atoms with Crippen LogP contribution in [0.25, 0.3) is 0 Å². The summed E-state index contributed by atoms with van der Waals surface area (Å²) in [5, 5.41) is 0. The van der Waals surface area contributed by atoms with Crippen LogP contribution < -0.4 is 61.4 Å². The van der Waals surface area contributed by atoms with Crippen LogP contribution >= 0.6 is 0 Å². The van der Waals surface area contributed by atoms with E-state index < -0.39 is 43.6 Å². The summed E-state index contributed by atoms with van der Waals surface area (Å²) in [4.78, 5) is 0. The summed E-state index contributed by atoms with van der Waals surface area (Å²) in [5.41, 5.74) is -8.64. The van der Waals surface area contributed by atoms with E-state index in [1.165, 1.54) is 14.3 Å². The van der Waals surface area contributed by atoms with E-state index in [9.17, 15) is 61.1 Å². The number of hydrogen-bond acceptors (Lipinski definition) is 10. The Balaban J connectivity index is 0.000000373. The van der Waals surface area contributed by atoms with Crippen LogP contribution in [-0.4, -0.2) is 77.7 Å². The molecular weight excluding hydrogens is 1010 g/mol. The Labute approximate surface area is 326 Å². The van der Waals surface area contributed by atoms with Gasteiger partial charge in [0, 0.05) is 0 Å². The van der Waals surface area contributed by atoms with E-state index in [2.05, 4.69) is 48.5 Å². The molecule has 0 saturated heterocycles. The second-order valence-corrected chi connectivity index (χ2v) is 18.4. The molecule has 0 aliphatic carbocycles. The molecule has 54 heavy (non-hydrogen) atoms. The molecular formula is C32H30F8I2O10S2. The maximum atomic E-state index is 11.4. The van der Waals surface area contributed by atoms with Crippen LogP contribution in [0.1, 0.15) is 0 Å². The lowest BCUT2D eigenvalue weighted by Crippen LogP contribution is -3.61. The molecule has 10 nitrogen and oxygen atoms in total. The fourth-order valence-electron chi connectivity index (χ4n) is 3.11. The van der Waals surface area contributed by atoms with Gasteiger partial charge in [-0.15, -0.1) is 0 Å². The predicted molar refractivity (Wildman–Crippen MR) is 168 cm³/mol. The molecule has 2 atom stereocenters. The topological polar surface area (TPSA) is 151 Å². The molecule has 0 heterocycles. The van der Waals surface area contributed by atoms with Gasteiger partial charge in [-0.25, -0.2) is 25.6 Å².